The Labute approximate surface area is 134 Å². The van der Waals surface area contributed by atoms with Gasteiger partial charge in [-0.1, -0.05) is 36.8 Å². The number of nitrogens with two attached hydrogens (primary N) is 1. The van der Waals surface area contributed by atoms with Crippen molar-refractivity contribution in [2.24, 2.45) is 17.6 Å². The number of nitrogens with zero attached hydrogens (tertiary/aromatic N) is 1. The van der Waals surface area contributed by atoms with Crippen molar-refractivity contribution in [3.05, 3.63) is 52.5 Å². The van der Waals surface area contributed by atoms with Gasteiger partial charge in [0.25, 0.3) is 0 Å². The molecule has 1 heterocycles. The second-order valence-corrected chi connectivity index (χ2v) is 6.68. The average molecular weight is 315 g/mol. The van der Waals surface area contributed by atoms with E-state index >= 15 is 0 Å². The lowest BCUT2D eigenvalue weighted by atomic mass is 9.94. The number of benzene rings is 1. The van der Waals surface area contributed by atoms with Crippen molar-refractivity contribution in [3.8, 4) is 0 Å². The molecule has 116 valence electrons. The van der Waals surface area contributed by atoms with E-state index in [9.17, 15) is 4.79 Å². The molecule has 1 aliphatic rings. The molecule has 0 spiro atoms. The lowest BCUT2D eigenvalue weighted by Gasteiger charge is -2.22. The lowest BCUT2D eigenvalue weighted by Crippen LogP contribution is -2.37. The molecule has 1 aromatic heterocycles. The van der Waals surface area contributed by atoms with Crippen molar-refractivity contribution in [1.82, 2.24) is 10.3 Å². The quantitative estimate of drug-likeness (QED) is 0.891. The summed E-state index contributed by atoms with van der Waals surface area (Å²) in [6, 6.07) is 9.84. The van der Waals surface area contributed by atoms with Gasteiger partial charge in [0.1, 0.15) is 11.0 Å². The number of nitrogens with one attached hydrogen (secondary N) is 1. The van der Waals surface area contributed by atoms with E-state index in [-0.39, 0.29) is 17.9 Å². The van der Waals surface area contributed by atoms with Gasteiger partial charge >= 0.3 is 0 Å². The molecule has 3 N–H and O–H groups in total. The van der Waals surface area contributed by atoms with Crippen molar-refractivity contribution < 1.29 is 4.79 Å². The second kappa shape index (κ2) is 7.03. The maximum atomic E-state index is 12.7. The maximum absolute atomic E-state index is 12.7. The zero-order valence-electron chi connectivity index (χ0n) is 12.4. The van der Waals surface area contributed by atoms with E-state index in [0.29, 0.717) is 12.5 Å². The van der Waals surface area contributed by atoms with E-state index < -0.39 is 0 Å². The smallest absolute Gasteiger partial charge is 0.224 e. The van der Waals surface area contributed by atoms with E-state index in [1.807, 2.05) is 35.7 Å². The standard InChI is InChI=1S/C17H21N3OS/c18-11-13-7-4-8-14(13)16(21)20-15(17-19-9-10-22-17)12-5-2-1-3-6-12/h1-3,5-6,9-10,13-15H,4,7-8,11,18H2,(H,20,21)/t13-,14-,15?/m1/s1. The van der Waals surface area contributed by atoms with Gasteiger partial charge in [0.05, 0.1) is 0 Å². The fourth-order valence-electron chi connectivity index (χ4n) is 3.22. The molecule has 1 saturated carbocycles. The Morgan fingerprint density at radius 3 is 2.86 bits per heavy atom. The van der Waals surface area contributed by atoms with Crippen LogP contribution in [-0.4, -0.2) is 17.4 Å². The van der Waals surface area contributed by atoms with Gasteiger partial charge in [-0.15, -0.1) is 11.3 Å². The summed E-state index contributed by atoms with van der Waals surface area (Å²) >= 11 is 1.57. The van der Waals surface area contributed by atoms with Crippen LogP contribution in [0.3, 0.4) is 0 Å². The number of carbonyl (C=O) groups excluding carboxylic acids is 1. The van der Waals surface area contributed by atoms with E-state index in [0.717, 1.165) is 29.8 Å². The minimum atomic E-state index is -0.173. The Bertz CT molecular complexity index is 600. The van der Waals surface area contributed by atoms with Crippen LogP contribution in [0.25, 0.3) is 0 Å². The molecule has 0 bridgehead atoms. The fraction of sp³-hybridized carbons (Fsp3) is 0.412. The van der Waals surface area contributed by atoms with Crippen molar-refractivity contribution in [2.45, 2.75) is 25.3 Å². The first kappa shape index (κ1) is 15.2. The van der Waals surface area contributed by atoms with E-state index in [2.05, 4.69) is 10.3 Å². The van der Waals surface area contributed by atoms with Crippen LogP contribution in [0, 0.1) is 11.8 Å². The molecule has 1 unspecified atom stereocenters. The molecule has 1 amide bonds. The summed E-state index contributed by atoms with van der Waals surface area (Å²) < 4.78 is 0. The molecule has 0 saturated heterocycles. The Kier molecular flexibility index (Phi) is 4.85. The second-order valence-electron chi connectivity index (χ2n) is 5.76. The van der Waals surface area contributed by atoms with Crippen LogP contribution in [0.15, 0.2) is 41.9 Å². The van der Waals surface area contributed by atoms with E-state index in [1.54, 1.807) is 17.5 Å². The number of carbonyl (C=O) groups is 1. The molecule has 3 atom stereocenters. The van der Waals surface area contributed by atoms with Gasteiger partial charge in [-0.05, 0) is 30.9 Å². The molecular weight excluding hydrogens is 294 g/mol. The van der Waals surface area contributed by atoms with E-state index in [4.69, 9.17) is 5.73 Å². The van der Waals surface area contributed by atoms with Crippen LogP contribution in [0.1, 0.15) is 35.9 Å². The first-order valence-electron chi connectivity index (χ1n) is 7.74. The normalized spacial score (nSPS) is 22.4. The van der Waals surface area contributed by atoms with Crippen molar-refractivity contribution in [1.29, 1.82) is 0 Å². The third-order valence-corrected chi connectivity index (χ3v) is 5.26. The highest BCUT2D eigenvalue weighted by atomic mass is 32.1. The van der Waals surface area contributed by atoms with Crippen LogP contribution in [0.5, 0.6) is 0 Å². The van der Waals surface area contributed by atoms with Gasteiger partial charge < -0.3 is 11.1 Å². The Morgan fingerprint density at radius 2 is 2.18 bits per heavy atom. The largest absolute Gasteiger partial charge is 0.342 e. The van der Waals surface area contributed by atoms with Crippen LogP contribution >= 0.6 is 11.3 Å². The molecule has 5 heteroatoms. The number of amides is 1. The summed E-state index contributed by atoms with van der Waals surface area (Å²) in [5, 5.41) is 6.05. The van der Waals surface area contributed by atoms with Crippen LogP contribution in [0.4, 0.5) is 0 Å². The van der Waals surface area contributed by atoms with Crippen LogP contribution in [0.2, 0.25) is 0 Å². The molecule has 0 aliphatic heterocycles. The Hall–Kier alpha value is -1.72. The van der Waals surface area contributed by atoms with Gasteiger partial charge in [0.2, 0.25) is 5.91 Å². The zero-order valence-corrected chi connectivity index (χ0v) is 13.3. The van der Waals surface area contributed by atoms with Crippen molar-refractivity contribution >= 4 is 17.2 Å². The van der Waals surface area contributed by atoms with Gasteiger partial charge in [0.15, 0.2) is 0 Å². The third kappa shape index (κ3) is 3.20. The van der Waals surface area contributed by atoms with Gasteiger partial charge in [0, 0.05) is 17.5 Å². The van der Waals surface area contributed by atoms with Crippen molar-refractivity contribution in [2.75, 3.05) is 6.54 Å². The number of thiazole rings is 1. The molecular formula is C17H21N3OS. The van der Waals surface area contributed by atoms with Crippen LogP contribution < -0.4 is 11.1 Å². The Balaban J connectivity index is 1.80. The van der Waals surface area contributed by atoms with Gasteiger partial charge in [-0.25, -0.2) is 4.98 Å². The summed E-state index contributed by atoms with van der Waals surface area (Å²) in [6.07, 6.45) is 4.86. The van der Waals surface area contributed by atoms with Crippen molar-refractivity contribution in [3.63, 3.8) is 0 Å². The monoisotopic (exact) mass is 315 g/mol. The maximum Gasteiger partial charge on any atom is 0.224 e. The van der Waals surface area contributed by atoms with Gasteiger partial charge in [-0.3, -0.25) is 4.79 Å². The summed E-state index contributed by atoms with van der Waals surface area (Å²) in [5.41, 5.74) is 6.87. The number of rotatable bonds is 5. The number of hydrogen-bond acceptors (Lipinski definition) is 4. The molecule has 3 rings (SSSR count). The summed E-state index contributed by atoms with van der Waals surface area (Å²) in [4.78, 5) is 17.1. The topological polar surface area (TPSA) is 68.0 Å². The fourth-order valence-corrected chi connectivity index (χ4v) is 3.94. The van der Waals surface area contributed by atoms with E-state index in [1.165, 1.54) is 0 Å². The zero-order chi connectivity index (χ0) is 15.4. The predicted molar refractivity (Wildman–Crippen MR) is 88.4 cm³/mol. The first-order valence-corrected chi connectivity index (χ1v) is 8.62. The molecule has 1 fully saturated rings. The molecule has 1 aliphatic carbocycles. The summed E-state index contributed by atoms with van der Waals surface area (Å²) in [6.45, 7) is 0.589. The first-order chi connectivity index (χ1) is 10.8. The molecule has 1 aromatic carbocycles. The lowest BCUT2D eigenvalue weighted by molar-refractivity contribution is -0.126. The average Bonchev–Trinajstić information content (AvgIpc) is 3.24. The highest BCUT2D eigenvalue weighted by Crippen LogP contribution is 2.32. The van der Waals surface area contributed by atoms with Crippen LogP contribution in [-0.2, 0) is 4.79 Å². The third-order valence-electron chi connectivity index (χ3n) is 4.42. The minimum Gasteiger partial charge on any atom is -0.342 e. The molecule has 0 radical (unpaired) electrons. The summed E-state index contributed by atoms with van der Waals surface area (Å²) in [5.74, 6) is 0.459. The molecule has 22 heavy (non-hydrogen) atoms. The highest BCUT2D eigenvalue weighted by Gasteiger charge is 2.33. The minimum absolute atomic E-state index is 0.0381. The summed E-state index contributed by atoms with van der Waals surface area (Å²) in [7, 11) is 0. The van der Waals surface area contributed by atoms with Gasteiger partial charge in [-0.2, -0.15) is 0 Å². The number of aromatic nitrogens is 1. The molecule has 4 nitrogen and oxygen atoms in total. The highest BCUT2D eigenvalue weighted by molar-refractivity contribution is 7.09. The number of hydrogen-bond donors (Lipinski definition) is 2. The SMILES string of the molecule is NC[C@H]1CCC[C@H]1C(=O)NC(c1ccccc1)c1nccs1. The predicted octanol–water partition coefficient (Wildman–Crippen LogP) is 2.72. The molecule has 2 aromatic rings. The Morgan fingerprint density at radius 1 is 1.36 bits per heavy atom.